The van der Waals surface area contributed by atoms with E-state index in [1.165, 1.54) is 0 Å². The third-order valence-electron chi connectivity index (χ3n) is 3.10. The number of hydrogen-bond donors (Lipinski definition) is 2. The van der Waals surface area contributed by atoms with Gasteiger partial charge < -0.3 is 15.8 Å². The molecule has 0 fully saturated rings. The maximum atomic E-state index is 13.2. The third kappa shape index (κ3) is 4.25. The van der Waals surface area contributed by atoms with Crippen molar-refractivity contribution in [2.24, 2.45) is 5.73 Å². The predicted molar refractivity (Wildman–Crippen MR) is 78.9 cm³/mol. The molecule has 0 heterocycles. The van der Waals surface area contributed by atoms with Gasteiger partial charge in [-0.3, -0.25) is 9.59 Å². The van der Waals surface area contributed by atoms with Crippen molar-refractivity contribution >= 4 is 11.8 Å². The Labute approximate surface area is 135 Å². The van der Waals surface area contributed by atoms with Crippen LogP contribution < -0.4 is 15.8 Å². The van der Waals surface area contributed by atoms with E-state index in [4.69, 9.17) is 5.73 Å². The molecule has 0 aliphatic carbocycles. The van der Waals surface area contributed by atoms with E-state index in [1.807, 2.05) is 0 Å². The van der Waals surface area contributed by atoms with Crippen LogP contribution >= 0.6 is 0 Å². The van der Waals surface area contributed by atoms with Gasteiger partial charge in [-0.05, 0) is 17.7 Å². The number of alkyl halides is 2. The summed E-state index contributed by atoms with van der Waals surface area (Å²) in [5.74, 6) is -3.23. The van der Waals surface area contributed by atoms with E-state index in [-0.39, 0.29) is 5.56 Å². The summed E-state index contributed by atoms with van der Waals surface area (Å²) in [5, 5.41) is 2.32. The average Bonchev–Trinajstić information content (AvgIpc) is 2.52. The molecule has 3 N–H and O–H groups in total. The van der Waals surface area contributed by atoms with Gasteiger partial charge in [0.15, 0.2) is 0 Å². The smallest absolute Gasteiger partial charge is 0.387 e. The van der Waals surface area contributed by atoms with Crippen LogP contribution in [0, 0.1) is 5.82 Å². The minimum atomic E-state index is -3.24. The van der Waals surface area contributed by atoms with Crippen molar-refractivity contribution in [1.82, 2.24) is 5.32 Å². The largest absolute Gasteiger partial charge is 0.434 e. The number of rotatable bonds is 6. The lowest BCUT2D eigenvalue weighted by Crippen LogP contribution is -2.37. The van der Waals surface area contributed by atoms with Crippen LogP contribution in [0.25, 0.3) is 0 Å². The van der Waals surface area contributed by atoms with Crippen LogP contribution in [0.2, 0.25) is 0 Å². The van der Waals surface area contributed by atoms with Gasteiger partial charge in [0, 0.05) is 6.07 Å². The Hall–Kier alpha value is -3.03. The summed E-state index contributed by atoms with van der Waals surface area (Å²) in [7, 11) is 0. The zero-order valence-corrected chi connectivity index (χ0v) is 12.2. The highest BCUT2D eigenvalue weighted by molar-refractivity contribution is 5.99. The van der Waals surface area contributed by atoms with Crippen molar-refractivity contribution < 1.29 is 27.5 Å². The number of hydrogen-bond acceptors (Lipinski definition) is 3. The Balaban J connectivity index is 2.29. The first-order chi connectivity index (χ1) is 11.4. The Morgan fingerprint density at radius 1 is 1.08 bits per heavy atom. The second kappa shape index (κ2) is 7.49. The monoisotopic (exact) mass is 338 g/mol. The van der Waals surface area contributed by atoms with E-state index in [0.29, 0.717) is 11.6 Å². The predicted octanol–water partition coefficient (Wildman–Crippen LogP) is 2.38. The number of ether oxygens (including phenoxy) is 1. The molecule has 0 aliphatic rings. The maximum Gasteiger partial charge on any atom is 0.387 e. The lowest BCUT2D eigenvalue weighted by molar-refractivity contribution is -0.120. The molecule has 5 nitrogen and oxygen atoms in total. The zero-order chi connectivity index (χ0) is 17.7. The highest BCUT2D eigenvalue weighted by Crippen LogP contribution is 2.23. The van der Waals surface area contributed by atoms with Crippen LogP contribution in [0.1, 0.15) is 22.0 Å². The molecule has 0 unspecified atom stereocenters. The molecule has 0 aromatic heterocycles. The normalized spacial score (nSPS) is 11.8. The molecule has 2 aromatic carbocycles. The average molecular weight is 338 g/mol. The summed E-state index contributed by atoms with van der Waals surface area (Å²) < 4.78 is 42.1. The number of halogens is 3. The van der Waals surface area contributed by atoms with Crippen molar-refractivity contribution in [3.63, 3.8) is 0 Å². The molecule has 0 bridgehead atoms. The van der Waals surface area contributed by atoms with Gasteiger partial charge in [0.2, 0.25) is 5.91 Å². The fraction of sp³-hybridized carbons (Fsp3) is 0.125. The molecule has 8 heteroatoms. The summed E-state index contributed by atoms with van der Waals surface area (Å²) in [4.78, 5) is 23.9. The van der Waals surface area contributed by atoms with E-state index >= 15 is 0 Å². The first kappa shape index (κ1) is 17.3. The third-order valence-corrected chi connectivity index (χ3v) is 3.10. The van der Waals surface area contributed by atoms with Crippen molar-refractivity contribution in [2.75, 3.05) is 0 Å². The van der Waals surface area contributed by atoms with Gasteiger partial charge in [-0.1, -0.05) is 30.3 Å². The van der Waals surface area contributed by atoms with E-state index in [0.717, 1.165) is 12.1 Å². The molecule has 126 valence electrons. The summed E-state index contributed by atoms with van der Waals surface area (Å²) in [6, 6.07) is 9.49. The molecule has 0 radical (unpaired) electrons. The van der Waals surface area contributed by atoms with Crippen molar-refractivity contribution in [3.05, 3.63) is 65.5 Å². The maximum absolute atomic E-state index is 13.2. The fourth-order valence-corrected chi connectivity index (χ4v) is 2.05. The lowest BCUT2D eigenvalue weighted by atomic mass is 10.1. The quantitative estimate of drug-likeness (QED) is 0.848. The molecule has 0 saturated heterocycles. The Morgan fingerprint density at radius 2 is 1.75 bits per heavy atom. The number of nitrogens with two attached hydrogens (primary N) is 1. The number of carbonyl (C=O) groups is 2. The number of amides is 2. The minimum absolute atomic E-state index is 0.348. The van der Waals surface area contributed by atoms with E-state index in [1.54, 1.807) is 30.3 Å². The highest BCUT2D eigenvalue weighted by atomic mass is 19.3. The summed E-state index contributed by atoms with van der Waals surface area (Å²) >= 11 is 0. The second-order valence-corrected chi connectivity index (χ2v) is 4.74. The van der Waals surface area contributed by atoms with Crippen LogP contribution in [0.4, 0.5) is 13.2 Å². The van der Waals surface area contributed by atoms with Crippen LogP contribution in [0.3, 0.4) is 0 Å². The Morgan fingerprint density at radius 3 is 2.33 bits per heavy atom. The van der Waals surface area contributed by atoms with Crippen molar-refractivity contribution in [2.45, 2.75) is 12.7 Å². The summed E-state index contributed by atoms with van der Waals surface area (Å²) in [6.07, 6.45) is 0. The summed E-state index contributed by atoms with van der Waals surface area (Å²) in [5.41, 5.74) is 5.34. The van der Waals surface area contributed by atoms with Gasteiger partial charge in [0.05, 0.1) is 5.56 Å². The van der Waals surface area contributed by atoms with E-state index in [2.05, 4.69) is 10.1 Å². The second-order valence-electron chi connectivity index (χ2n) is 4.74. The van der Waals surface area contributed by atoms with Gasteiger partial charge >= 0.3 is 6.61 Å². The standard InChI is InChI=1S/C16H13F3N2O3/c17-10-6-7-11(12(8-10)24-16(18)19)15(23)21-13(14(20)22)9-4-2-1-3-5-9/h1-8,13,16H,(H2,20,22)(H,21,23)/t13-/m0/s1. The minimum Gasteiger partial charge on any atom is -0.434 e. The number of benzene rings is 2. The van der Waals surface area contributed by atoms with Gasteiger partial charge in [-0.25, -0.2) is 4.39 Å². The van der Waals surface area contributed by atoms with Crippen molar-refractivity contribution in [3.8, 4) is 5.75 Å². The van der Waals surface area contributed by atoms with Gasteiger partial charge in [0.1, 0.15) is 17.6 Å². The molecule has 2 amide bonds. The Kier molecular flexibility index (Phi) is 5.41. The van der Waals surface area contributed by atoms with E-state index in [9.17, 15) is 22.8 Å². The van der Waals surface area contributed by atoms with Crippen LogP contribution in [-0.2, 0) is 4.79 Å². The van der Waals surface area contributed by atoms with Crippen LogP contribution in [-0.4, -0.2) is 18.4 Å². The number of primary amides is 1. The molecule has 0 spiro atoms. The molecule has 24 heavy (non-hydrogen) atoms. The molecule has 2 rings (SSSR count). The fourth-order valence-electron chi connectivity index (χ4n) is 2.05. The molecule has 2 aromatic rings. The topological polar surface area (TPSA) is 81.4 Å². The molecule has 0 aliphatic heterocycles. The number of carbonyl (C=O) groups excluding carboxylic acids is 2. The Bertz CT molecular complexity index is 739. The van der Waals surface area contributed by atoms with Gasteiger partial charge in [-0.15, -0.1) is 0 Å². The first-order valence-electron chi connectivity index (χ1n) is 6.78. The first-order valence-corrected chi connectivity index (χ1v) is 6.78. The van der Waals surface area contributed by atoms with Crippen LogP contribution in [0.5, 0.6) is 5.75 Å². The van der Waals surface area contributed by atoms with Gasteiger partial charge in [-0.2, -0.15) is 8.78 Å². The highest BCUT2D eigenvalue weighted by Gasteiger charge is 2.23. The molecular formula is C16H13F3N2O3. The van der Waals surface area contributed by atoms with Crippen molar-refractivity contribution in [1.29, 1.82) is 0 Å². The van der Waals surface area contributed by atoms with E-state index < -0.39 is 36.0 Å². The number of nitrogens with one attached hydrogen (secondary N) is 1. The zero-order valence-electron chi connectivity index (χ0n) is 12.2. The van der Waals surface area contributed by atoms with Crippen LogP contribution in [0.15, 0.2) is 48.5 Å². The molecule has 1 atom stereocenters. The molecule has 0 saturated carbocycles. The lowest BCUT2D eigenvalue weighted by Gasteiger charge is -2.17. The molecular weight excluding hydrogens is 325 g/mol. The van der Waals surface area contributed by atoms with Gasteiger partial charge in [0.25, 0.3) is 5.91 Å². The SMILES string of the molecule is NC(=O)[C@@H](NC(=O)c1ccc(F)cc1OC(F)F)c1ccccc1. The summed E-state index contributed by atoms with van der Waals surface area (Å²) in [6.45, 7) is -3.24.